The van der Waals surface area contributed by atoms with Gasteiger partial charge in [0, 0.05) is 46.0 Å². The van der Waals surface area contributed by atoms with Gasteiger partial charge in [0.2, 0.25) is 17.4 Å². The van der Waals surface area contributed by atoms with Crippen molar-refractivity contribution in [1.82, 2.24) is 80.7 Å². The first kappa shape index (κ1) is 62.3. The molecule has 0 saturated carbocycles. The Balaban J connectivity index is 0.000000177. The van der Waals surface area contributed by atoms with Crippen LogP contribution in [0.2, 0.25) is 0 Å². The van der Waals surface area contributed by atoms with Crippen molar-refractivity contribution in [2.45, 2.75) is 13.8 Å². The molecule has 0 amide bonds. The third-order valence-corrected chi connectivity index (χ3v) is 12.4. The first-order valence-corrected chi connectivity index (χ1v) is 25.6. The SMILES string of the molecule is CC(=O)c1ccc(-c2nc(-c3ccc(N)cc3)c(-c3ccc(C(=O)O)cc3)nc2-c2nncnc2N)cc1.CC(=O)c1nnc(-c2nc(N)c(-c3ccc(C(=O)O)cc3)nc2N)nn1.Nc1nc(-c2cncnn2)c(N)nc1-c1ccc(C(=O)O)cc1.O=C=O. The van der Waals surface area contributed by atoms with E-state index in [0.717, 1.165) is 5.56 Å². The number of carboxylic acids is 3. The van der Waals surface area contributed by atoms with Gasteiger partial charge in [-0.15, -0.1) is 40.8 Å². The Morgan fingerprint density at radius 3 is 1.14 bits per heavy atom. The van der Waals surface area contributed by atoms with Gasteiger partial charge in [-0.2, -0.15) is 9.59 Å². The maximum atomic E-state index is 11.8. The van der Waals surface area contributed by atoms with Gasteiger partial charge in [-0.05, 0) is 55.5 Å². The number of nitrogens with two attached hydrogens (primary N) is 6. The average molecular weight is 1210 g/mol. The second-order valence-electron chi connectivity index (χ2n) is 18.3. The van der Waals surface area contributed by atoms with Crippen LogP contribution in [0.25, 0.3) is 90.6 Å². The number of hydrogen-bond acceptors (Lipinski definition) is 29. The third-order valence-electron chi connectivity index (χ3n) is 12.4. The van der Waals surface area contributed by atoms with E-state index in [-0.39, 0.29) is 97.9 Å². The fourth-order valence-corrected chi connectivity index (χ4v) is 7.99. The summed E-state index contributed by atoms with van der Waals surface area (Å²) in [5.41, 5.74) is 43.9. The minimum atomic E-state index is -1.04. The molecular weight excluding hydrogens is 1160 g/mol. The highest BCUT2D eigenvalue weighted by molar-refractivity contribution is 5.96. The molecule has 6 aromatic heterocycles. The number of aromatic carboxylic acids is 3. The van der Waals surface area contributed by atoms with Crippen LogP contribution in [0, 0.1) is 0 Å². The number of carbonyl (C=O) groups excluding carboxylic acids is 4. The molecule has 0 atom stereocenters. The summed E-state index contributed by atoms with van der Waals surface area (Å²) in [5.74, 6) is -3.30. The van der Waals surface area contributed by atoms with Crippen LogP contribution in [-0.4, -0.2) is 132 Å². The third kappa shape index (κ3) is 14.6. The van der Waals surface area contributed by atoms with Crippen LogP contribution in [0.5, 0.6) is 0 Å². The number of hydrogen-bond donors (Lipinski definition) is 9. The molecule has 6 heterocycles. The lowest BCUT2D eigenvalue weighted by Gasteiger charge is -2.16. The summed E-state index contributed by atoms with van der Waals surface area (Å²) >= 11 is 0. The zero-order valence-corrected chi connectivity index (χ0v) is 46.6. The molecule has 0 spiro atoms. The summed E-state index contributed by atoms with van der Waals surface area (Å²) in [7, 11) is 0. The highest BCUT2D eigenvalue weighted by Crippen LogP contribution is 2.38. The van der Waals surface area contributed by atoms with Crippen LogP contribution in [0.15, 0.2) is 140 Å². The Morgan fingerprint density at radius 2 is 0.733 bits per heavy atom. The average Bonchev–Trinajstić information content (AvgIpc) is 0.790. The van der Waals surface area contributed by atoms with Crippen molar-refractivity contribution in [3.05, 3.63) is 168 Å². The van der Waals surface area contributed by atoms with Gasteiger partial charge in [0.1, 0.15) is 41.1 Å². The minimum Gasteiger partial charge on any atom is -0.478 e. The maximum Gasteiger partial charge on any atom is 0.373 e. The van der Waals surface area contributed by atoms with E-state index in [0.29, 0.717) is 67.7 Å². The monoisotopic (exact) mass is 1210 g/mol. The van der Waals surface area contributed by atoms with Crippen LogP contribution in [0.3, 0.4) is 0 Å². The number of carbonyl (C=O) groups is 5. The lowest BCUT2D eigenvalue weighted by molar-refractivity contribution is -0.191. The zero-order chi connectivity index (χ0) is 64.8. The van der Waals surface area contributed by atoms with Gasteiger partial charge >= 0.3 is 24.1 Å². The molecule has 446 valence electrons. The fourth-order valence-electron chi connectivity index (χ4n) is 7.99. The zero-order valence-electron chi connectivity index (χ0n) is 46.6. The largest absolute Gasteiger partial charge is 0.478 e. The molecule has 15 N–H and O–H groups in total. The van der Waals surface area contributed by atoms with E-state index in [1.807, 2.05) is 12.1 Å². The van der Waals surface area contributed by atoms with E-state index in [4.69, 9.17) is 64.2 Å². The van der Waals surface area contributed by atoms with E-state index < -0.39 is 17.9 Å². The first-order valence-electron chi connectivity index (χ1n) is 25.6. The molecule has 0 bridgehead atoms. The summed E-state index contributed by atoms with van der Waals surface area (Å²) in [6.07, 6.45) is 4.23. The van der Waals surface area contributed by atoms with E-state index in [9.17, 15) is 29.1 Å². The van der Waals surface area contributed by atoms with Crippen molar-refractivity contribution in [3.8, 4) is 90.6 Å². The molecule has 11 rings (SSSR count). The highest BCUT2D eigenvalue weighted by atomic mass is 16.4. The minimum absolute atomic E-state index is 0.0179. The Morgan fingerprint density at radius 1 is 0.367 bits per heavy atom. The van der Waals surface area contributed by atoms with Gasteiger partial charge in [0.05, 0.1) is 40.0 Å². The topological polar surface area (TPSA) is 543 Å². The molecule has 0 saturated heterocycles. The van der Waals surface area contributed by atoms with Crippen molar-refractivity contribution in [1.29, 1.82) is 0 Å². The number of Topliss-reactive ketones (excluding diaryl/α,β-unsaturated/α-hetero) is 2. The van der Waals surface area contributed by atoms with Gasteiger partial charge < -0.3 is 49.7 Å². The number of benzene rings is 5. The number of rotatable bonds is 13. The predicted molar refractivity (Wildman–Crippen MR) is 320 cm³/mol. The Kier molecular flexibility index (Phi) is 19.2. The Bertz CT molecular complexity index is 4450. The van der Waals surface area contributed by atoms with Crippen molar-refractivity contribution >= 4 is 70.4 Å². The van der Waals surface area contributed by atoms with Crippen LogP contribution >= 0.6 is 0 Å². The molecule has 0 fully saturated rings. The summed E-state index contributed by atoms with van der Waals surface area (Å²) in [5, 5.41) is 57.6. The fraction of sp³-hybridized carbons (Fsp3) is 0.0345. The lowest BCUT2D eigenvalue weighted by atomic mass is 9.99. The maximum absolute atomic E-state index is 11.8. The van der Waals surface area contributed by atoms with Gasteiger partial charge in [-0.1, -0.05) is 72.8 Å². The smallest absolute Gasteiger partial charge is 0.373 e. The summed E-state index contributed by atoms with van der Waals surface area (Å²) in [6, 6.07) is 32.5. The summed E-state index contributed by atoms with van der Waals surface area (Å²) in [6.45, 7) is 2.78. The van der Waals surface area contributed by atoms with E-state index in [1.54, 1.807) is 72.8 Å². The Labute approximate surface area is 505 Å². The highest BCUT2D eigenvalue weighted by Gasteiger charge is 2.24. The number of nitrogen functional groups attached to an aromatic ring is 6. The first-order chi connectivity index (χ1) is 43.1. The standard InChI is InChI=1S/C28H21N7O3.C15H12N8O3.C14H11N7O2.CO2/c1-15(36)16-2-4-18(5-3-16)24-25(26-27(30)31-14-32-35-26)34-23(17-6-8-20(9-7-17)28(37)38)22(33-24)19-10-12-21(29)13-11-19;1-6(24)13-20-22-14(23-21-13)10-12(17)18-9(11(16)19-10)7-2-4-8(5-3-7)15(25)26;15-12-10(7-1-3-8(4-2-7)14(22)23)19-13(16)11(20-12)9-5-17-6-18-21-9;2-1-3/h2-14H,29H2,1H3,(H,37,38)(H2,30,31,32);2-5H,1H3,(H2,16,19)(H2,17,18)(H,25,26);1-6H,(H2,15,20)(H2,16,19)(H,22,23);. The van der Waals surface area contributed by atoms with Crippen LogP contribution in [-0.2, 0) is 9.59 Å². The number of carboxylic acid groups (broad SMARTS) is 3. The Hall–Kier alpha value is -13.8. The van der Waals surface area contributed by atoms with Gasteiger partial charge in [0.25, 0.3) is 0 Å². The quantitative estimate of drug-likeness (QED) is 0.0534. The second-order valence-corrected chi connectivity index (χ2v) is 18.3. The summed E-state index contributed by atoms with van der Waals surface area (Å²) in [4.78, 5) is 107. The molecule has 90 heavy (non-hydrogen) atoms. The summed E-state index contributed by atoms with van der Waals surface area (Å²) < 4.78 is 0. The van der Waals surface area contributed by atoms with Crippen molar-refractivity contribution in [2.24, 2.45) is 0 Å². The number of aromatic nitrogens is 16. The lowest BCUT2D eigenvalue weighted by Crippen LogP contribution is -2.10. The van der Waals surface area contributed by atoms with Crippen LogP contribution < -0.4 is 34.4 Å². The molecule has 11 aromatic rings. The van der Waals surface area contributed by atoms with Gasteiger partial charge in [-0.25, -0.2) is 54.3 Å². The number of ketones is 2. The van der Waals surface area contributed by atoms with Crippen molar-refractivity contribution in [2.75, 3.05) is 34.4 Å². The molecule has 0 unspecified atom stereocenters. The van der Waals surface area contributed by atoms with Crippen molar-refractivity contribution in [3.63, 3.8) is 0 Å². The van der Waals surface area contributed by atoms with Gasteiger partial charge in [0.15, 0.2) is 46.3 Å². The van der Waals surface area contributed by atoms with Gasteiger partial charge in [-0.3, -0.25) is 9.59 Å². The van der Waals surface area contributed by atoms with Crippen LogP contribution in [0.4, 0.5) is 34.8 Å². The van der Waals surface area contributed by atoms with E-state index >= 15 is 0 Å². The molecule has 5 aromatic carbocycles. The normalized spacial score (nSPS) is 10.3. The molecule has 32 nitrogen and oxygen atoms in total. The van der Waals surface area contributed by atoms with Crippen LogP contribution in [0.1, 0.15) is 65.9 Å². The van der Waals surface area contributed by atoms with Crippen molar-refractivity contribution < 1.29 is 48.9 Å². The number of anilines is 6. The second kappa shape index (κ2) is 27.7. The number of nitrogens with zero attached hydrogens (tertiary/aromatic N) is 16. The molecule has 0 radical (unpaired) electrons. The molecular formula is C58H44N22O10. The molecule has 0 aliphatic heterocycles. The van der Waals surface area contributed by atoms with E-state index in [2.05, 4.69) is 70.7 Å². The molecule has 32 heteroatoms. The van der Waals surface area contributed by atoms with E-state index in [1.165, 1.54) is 69.1 Å². The molecule has 0 aliphatic carbocycles. The molecule has 0 aliphatic rings. The predicted octanol–water partition coefficient (Wildman–Crippen LogP) is 5.13.